The van der Waals surface area contributed by atoms with Gasteiger partial charge in [-0.05, 0) is 19.4 Å². The summed E-state index contributed by atoms with van der Waals surface area (Å²) in [6.07, 6.45) is 2.86. The number of ether oxygens (including phenoxy) is 1. The lowest BCUT2D eigenvalue weighted by molar-refractivity contribution is -0.122. The van der Waals surface area contributed by atoms with Crippen molar-refractivity contribution in [2.45, 2.75) is 18.9 Å². The molecule has 19 heavy (non-hydrogen) atoms. The van der Waals surface area contributed by atoms with Crippen molar-refractivity contribution in [3.8, 4) is 0 Å². The predicted molar refractivity (Wildman–Crippen MR) is 72.3 cm³/mol. The summed E-state index contributed by atoms with van der Waals surface area (Å²) in [6.45, 7) is 2.67. The number of likely N-dealkylation sites (tertiary alicyclic amines) is 1. The van der Waals surface area contributed by atoms with Crippen molar-refractivity contribution in [2.75, 3.05) is 46.2 Å². The average molecular weight is 293 g/mol. The zero-order chi connectivity index (χ0) is 14.3. The fourth-order valence-corrected chi connectivity index (χ4v) is 2.95. The van der Waals surface area contributed by atoms with E-state index in [0.29, 0.717) is 26.2 Å². The highest BCUT2D eigenvalue weighted by Crippen LogP contribution is 2.10. The molecule has 0 aromatic carbocycles. The summed E-state index contributed by atoms with van der Waals surface area (Å²) in [5.41, 5.74) is 0. The van der Waals surface area contributed by atoms with Gasteiger partial charge in [0.25, 0.3) is 0 Å². The Morgan fingerprint density at radius 1 is 1.47 bits per heavy atom. The molecule has 1 atom stereocenters. The van der Waals surface area contributed by atoms with Crippen LogP contribution in [-0.2, 0) is 19.6 Å². The van der Waals surface area contributed by atoms with E-state index in [1.807, 2.05) is 4.90 Å². The van der Waals surface area contributed by atoms with Crippen LogP contribution in [0.1, 0.15) is 12.8 Å². The highest BCUT2D eigenvalue weighted by Gasteiger charge is 2.23. The van der Waals surface area contributed by atoms with Crippen LogP contribution < -0.4 is 10.0 Å². The average Bonchev–Trinajstić information content (AvgIpc) is 2.27. The van der Waals surface area contributed by atoms with Crippen LogP contribution in [0.4, 0.5) is 0 Å². The highest BCUT2D eigenvalue weighted by atomic mass is 32.2. The van der Waals surface area contributed by atoms with Crippen molar-refractivity contribution in [2.24, 2.45) is 0 Å². The number of hydrogen-bond donors (Lipinski definition) is 2. The van der Waals surface area contributed by atoms with Crippen molar-refractivity contribution >= 4 is 15.9 Å². The quantitative estimate of drug-likeness (QED) is 0.574. The lowest BCUT2D eigenvalue weighted by atomic mass is 10.1. The first-order valence-electron chi connectivity index (χ1n) is 6.36. The van der Waals surface area contributed by atoms with E-state index in [1.165, 1.54) is 0 Å². The maximum absolute atomic E-state index is 11.6. The van der Waals surface area contributed by atoms with Crippen LogP contribution in [-0.4, -0.2) is 71.4 Å². The molecule has 8 heteroatoms. The summed E-state index contributed by atoms with van der Waals surface area (Å²) >= 11 is 0. The molecule has 0 aromatic heterocycles. The monoisotopic (exact) mass is 293 g/mol. The number of piperidine rings is 1. The standard InChI is InChI=1S/C11H23N3O4S/c1-18-7-5-12-11(15)9-14-6-3-4-10(8-14)13-19(2,16)17/h10,13H,3-9H2,1-2H3,(H,12,15)/t10-/m1/s1. The third-order valence-electron chi connectivity index (χ3n) is 2.88. The molecule has 1 amide bonds. The number of nitrogens with one attached hydrogen (secondary N) is 2. The Balaban J connectivity index is 2.32. The minimum absolute atomic E-state index is 0.0583. The third-order valence-corrected chi connectivity index (χ3v) is 3.64. The molecule has 0 unspecified atom stereocenters. The molecule has 0 aliphatic carbocycles. The smallest absolute Gasteiger partial charge is 0.234 e. The van der Waals surface area contributed by atoms with Gasteiger partial charge in [-0.1, -0.05) is 0 Å². The van der Waals surface area contributed by atoms with Gasteiger partial charge in [-0.15, -0.1) is 0 Å². The number of amides is 1. The molecule has 0 aromatic rings. The van der Waals surface area contributed by atoms with Crippen LogP contribution in [0.15, 0.2) is 0 Å². The molecule has 0 bridgehead atoms. The van der Waals surface area contributed by atoms with Crippen LogP contribution in [0.5, 0.6) is 0 Å². The number of methoxy groups -OCH3 is 1. The first kappa shape index (κ1) is 16.4. The van der Waals surface area contributed by atoms with Gasteiger partial charge in [0, 0.05) is 26.2 Å². The van der Waals surface area contributed by atoms with Crippen LogP contribution in [0.3, 0.4) is 0 Å². The second kappa shape index (κ2) is 7.78. The number of carbonyl (C=O) groups is 1. The Labute approximate surface area is 114 Å². The van der Waals surface area contributed by atoms with E-state index in [-0.39, 0.29) is 11.9 Å². The van der Waals surface area contributed by atoms with Gasteiger partial charge in [0.05, 0.1) is 19.4 Å². The summed E-state index contributed by atoms with van der Waals surface area (Å²) in [4.78, 5) is 13.6. The van der Waals surface area contributed by atoms with E-state index in [9.17, 15) is 13.2 Å². The van der Waals surface area contributed by atoms with Gasteiger partial charge in [-0.2, -0.15) is 0 Å². The predicted octanol–water partition coefficient (Wildman–Crippen LogP) is -1.24. The summed E-state index contributed by atoms with van der Waals surface area (Å²) in [6, 6.07) is -0.101. The van der Waals surface area contributed by atoms with Gasteiger partial charge in [0.15, 0.2) is 0 Å². The molecule has 0 saturated carbocycles. The zero-order valence-corrected chi connectivity index (χ0v) is 12.3. The lowest BCUT2D eigenvalue weighted by Crippen LogP contribution is -2.50. The van der Waals surface area contributed by atoms with Gasteiger partial charge in [-0.3, -0.25) is 9.69 Å². The molecule has 2 N–H and O–H groups in total. The molecular formula is C11H23N3O4S. The fraction of sp³-hybridized carbons (Fsp3) is 0.909. The number of sulfonamides is 1. The van der Waals surface area contributed by atoms with Gasteiger partial charge in [0.1, 0.15) is 0 Å². The molecule has 1 fully saturated rings. The first-order chi connectivity index (χ1) is 8.90. The number of hydrogen-bond acceptors (Lipinski definition) is 5. The molecule has 1 aliphatic heterocycles. The fourth-order valence-electron chi connectivity index (χ4n) is 2.15. The van der Waals surface area contributed by atoms with E-state index >= 15 is 0 Å². The molecular weight excluding hydrogens is 270 g/mol. The lowest BCUT2D eigenvalue weighted by Gasteiger charge is -2.32. The maximum Gasteiger partial charge on any atom is 0.234 e. The molecule has 0 radical (unpaired) electrons. The molecule has 7 nitrogen and oxygen atoms in total. The van der Waals surface area contributed by atoms with Crippen LogP contribution in [0.2, 0.25) is 0 Å². The van der Waals surface area contributed by atoms with Crippen LogP contribution >= 0.6 is 0 Å². The van der Waals surface area contributed by atoms with E-state index < -0.39 is 10.0 Å². The van der Waals surface area contributed by atoms with E-state index in [4.69, 9.17) is 4.74 Å². The van der Waals surface area contributed by atoms with Crippen LogP contribution in [0, 0.1) is 0 Å². The summed E-state index contributed by atoms with van der Waals surface area (Å²) in [5, 5.41) is 2.75. The largest absolute Gasteiger partial charge is 0.383 e. The minimum atomic E-state index is -3.19. The highest BCUT2D eigenvalue weighted by molar-refractivity contribution is 7.88. The summed E-state index contributed by atoms with van der Waals surface area (Å²) in [5.74, 6) is -0.0583. The van der Waals surface area contributed by atoms with Gasteiger partial charge in [0.2, 0.25) is 15.9 Å². The molecule has 1 rings (SSSR count). The van der Waals surface area contributed by atoms with Crippen LogP contribution in [0.25, 0.3) is 0 Å². The Kier molecular flexibility index (Phi) is 6.70. The second-order valence-corrected chi connectivity index (χ2v) is 6.59. The molecule has 0 spiro atoms. The number of carbonyl (C=O) groups excluding carboxylic acids is 1. The van der Waals surface area contributed by atoms with E-state index in [0.717, 1.165) is 25.6 Å². The van der Waals surface area contributed by atoms with Crippen molar-refractivity contribution in [3.63, 3.8) is 0 Å². The Bertz CT molecular complexity index is 385. The third kappa shape index (κ3) is 7.46. The molecule has 1 saturated heterocycles. The van der Waals surface area contributed by atoms with Gasteiger partial charge < -0.3 is 10.1 Å². The van der Waals surface area contributed by atoms with E-state index in [2.05, 4.69) is 10.0 Å². The molecule has 112 valence electrons. The first-order valence-corrected chi connectivity index (χ1v) is 8.25. The Morgan fingerprint density at radius 2 is 2.21 bits per heavy atom. The topological polar surface area (TPSA) is 87.7 Å². The molecule has 1 heterocycles. The van der Waals surface area contributed by atoms with Gasteiger partial charge >= 0.3 is 0 Å². The van der Waals surface area contributed by atoms with Gasteiger partial charge in [-0.25, -0.2) is 13.1 Å². The Hall–Kier alpha value is -0.700. The summed E-state index contributed by atoms with van der Waals surface area (Å²) in [7, 11) is -1.61. The van der Waals surface area contributed by atoms with Crippen molar-refractivity contribution in [1.29, 1.82) is 0 Å². The number of nitrogens with zero attached hydrogens (tertiary/aromatic N) is 1. The Morgan fingerprint density at radius 3 is 2.84 bits per heavy atom. The van der Waals surface area contributed by atoms with E-state index in [1.54, 1.807) is 7.11 Å². The van der Waals surface area contributed by atoms with Crippen molar-refractivity contribution in [1.82, 2.24) is 14.9 Å². The number of rotatable bonds is 7. The SMILES string of the molecule is COCCNC(=O)CN1CCC[C@@H](NS(C)(=O)=O)C1. The van der Waals surface area contributed by atoms with Crippen molar-refractivity contribution < 1.29 is 17.9 Å². The zero-order valence-electron chi connectivity index (χ0n) is 11.5. The maximum atomic E-state index is 11.6. The molecule has 1 aliphatic rings. The summed E-state index contributed by atoms with van der Waals surface area (Å²) < 4.78 is 29.8. The van der Waals surface area contributed by atoms with Crippen molar-refractivity contribution in [3.05, 3.63) is 0 Å². The second-order valence-electron chi connectivity index (χ2n) is 4.81. The minimum Gasteiger partial charge on any atom is -0.383 e. The normalized spacial score (nSPS) is 21.3.